The number of hydrogen-bond acceptors (Lipinski definition) is 5. The van der Waals surface area contributed by atoms with Gasteiger partial charge in [-0.1, -0.05) is 5.21 Å². The highest BCUT2D eigenvalue weighted by molar-refractivity contribution is 5.76. The molecule has 0 fully saturated rings. The van der Waals surface area contributed by atoms with E-state index in [1.54, 1.807) is 0 Å². The summed E-state index contributed by atoms with van der Waals surface area (Å²) in [5.74, 6) is -1.32. The molecule has 1 heterocycles. The average molecular weight is 283 g/mol. The maximum absolute atomic E-state index is 11.5. The quantitative estimate of drug-likeness (QED) is 0.501. The lowest BCUT2D eigenvalue weighted by Gasteiger charge is -2.05. The number of rotatable bonds is 8. The number of carbonyl (C=O) groups excluding carboxylic acids is 2. The van der Waals surface area contributed by atoms with Crippen molar-refractivity contribution in [2.45, 2.75) is 26.3 Å². The number of carboxylic acids is 1. The number of nitrogens with zero attached hydrogens (tertiary/aromatic N) is 3. The summed E-state index contributed by atoms with van der Waals surface area (Å²) in [5, 5.41) is 21.2. The van der Waals surface area contributed by atoms with Crippen molar-refractivity contribution >= 4 is 17.8 Å². The first-order valence-corrected chi connectivity index (χ1v) is 6.09. The van der Waals surface area contributed by atoms with Gasteiger partial charge in [0.2, 0.25) is 11.8 Å². The molecule has 1 rings (SSSR count). The number of hydrogen-bond donors (Lipinski definition) is 3. The number of aliphatic carboxylic acids is 1. The molecule has 0 aromatic carbocycles. The van der Waals surface area contributed by atoms with Crippen molar-refractivity contribution < 1.29 is 19.5 Å². The van der Waals surface area contributed by atoms with Crippen molar-refractivity contribution in [3.8, 4) is 0 Å². The molecule has 2 amide bonds. The molecule has 0 aliphatic carbocycles. The Bertz CT molecular complexity index is 485. The minimum absolute atomic E-state index is 0.000142. The first kappa shape index (κ1) is 15.6. The number of carboxylic acid groups (broad SMARTS) is 1. The van der Waals surface area contributed by atoms with Crippen LogP contribution in [0.2, 0.25) is 0 Å². The second kappa shape index (κ2) is 7.87. The van der Waals surface area contributed by atoms with Crippen LogP contribution in [0.1, 0.15) is 19.0 Å². The van der Waals surface area contributed by atoms with Crippen LogP contribution in [0.25, 0.3) is 0 Å². The molecule has 0 unspecified atom stereocenters. The van der Waals surface area contributed by atoms with E-state index in [4.69, 9.17) is 5.11 Å². The number of nitrogens with one attached hydrogen (secondary N) is 2. The van der Waals surface area contributed by atoms with Crippen molar-refractivity contribution in [1.29, 1.82) is 0 Å². The van der Waals surface area contributed by atoms with Gasteiger partial charge in [0.05, 0.1) is 12.1 Å². The molecule has 9 nitrogen and oxygen atoms in total. The molecule has 0 aliphatic rings. The molecule has 0 saturated carbocycles. The lowest BCUT2D eigenvalue weighted by molar-refractivity contribution is -0.137. The third-order valence-electron chi connectivity index (χ3n) is 2.31. The third-order valence-corrected chi connectivity index (χ3v) is 2.31. The highest BCUT2D eigenvalue weighted by Gasteiger charge is 2.07. The molecule has 0 aliphatic heterocycles. The summed E-state index contributed by atoms with van der Waals surface area (Å²) < 4.78 is 1.34. The first-order chi connectivity index (χ1) is 9.47. The monoisotopic (exact) mass is 283 g/mol. The molecular weight excluding hydrogens is 266 g/mol. The Labute approximate surface area is 115 Å². The highest BCUT2D eigenvalue weighted by atomic mass is 16.4. The van der Waals surface area contributed by atoms with E-state index in [-0.39, 0.29) is 31.2 Å². The van der Waals surface area contributed by atoms with E-state index >= 15 is 0 Å². The number of amides is 2. The Kier molecular flexibility index (Phi) is 6.14. The Morgan fingerprint density at radius 2 is 2.00 bits per heavy atom. The molecule has 20 heavy (non-hydrogen) atoms. The summed E-state index contributed by atoms with van der Waals surface area (Å²) in [4.78, 5) is 32.5. The largest absolute Gasteiger partial charge is 0.481 e. The van der Waals surface area contributed by atoms with Crippen molar-refractivity contribution in [2.75, 3.05) is 13.1 Å². The molecule has 1 aromatic rings. The van der Waals surface area contributed by atoms with Crippen molar-refractivity contribution in [1.82, 2.24) is 25.6 Å². The maximum atomic E-state index is 11.5. The van der Waals surface area contributed by atoms with Gasteiger partial charge in [-0.3, -0.25) is 14.4 Å². The van der Waals surface area contributed by atoms with Crippen LogP contribution in [0.15, 0.2) is 6.20 Å². The van der Waals surface area contributed by atoms with Gasteiger partial charge in [0.1, 0.15) is 6.54 Å². The lowest BCUT2D eigenvalue weighted by Crippen LogP contribution is -2.35. The molecule has 0 saturated heterocycles. The number of aryl methyl sites for hydroxylation is 1. The standard InChI is InChI=1S/C11H17N5O4/c1-8(17)12-4-5-13-10(18)7-16-6-9(14-15-16)2-3-11(19)20/h6H,2-5,7H2,1H3,(H,12,17)(H,13,18)(H,19,20). The minimum Gasteiger partial charge on any atom is -0.481 e. The van der Waals surface area contributed by atoms with Gasteiger partial charge < -0.3 is 15.7 Å². The van der Waals surface area contributed by atoms with Crippen LogP contribution < -0.4 is 10.6 Å². The van der Waals surface area contributed by atoms with Crippen LogP contribution in [0, 0.1) is 0 Å². The van der Waals surface area contributed by atoms with E-state index in [1.807, 2.05) is 0 Å². The van der Waals surface area contributed by atoms with E-state index in [0.717, 1.165) is 0 Å². The van der Waals surface area contributed by atoms with Crippen LogP contribution in [-0.2, 0) is 27.3 Å². The Morgan fingerprint density at radius 1 is 1.30 bits per heavy atom. The van der Waals surface area contributed by atoms with Gasteiger partial charge in [0.15, 0.2) is 0 Å². The molecule has 9 heteroatoms. The number of carbonyl (C=O) groups is 3. The van der Waals surface area contributed by atoms with Crippen LogP contribution >= 0.6 is 0 Å². The van der Waals surface area contributed by atoms with Gasteiger partial charge in [-0.25, -0.2) is 4.68 Å². The zero-order valence-electron chi connectivity index (χ0n) is 11.1. The van der Waals surface area contributed by atoms with Crippen LogP contribution in [0.4, 0.5) is 0 Å². The van der Waals surface area contributed by atoms with Gasteiger partial charge in [0, 0.05) is 32.6 Å². The van der Waals surface area contributed by atoms with Crippen LogP contribution in [0.3, 0.4) is 0 Å². The van der Waals surface area contributed by atoms with Gasteiger partial charge in [-0.05, 0) is 0 Å². The average Bonchev–Trinajstić information content (AvgIpc) is 2.79. The molecule has 1 aromatic heterocycles. The maximum Gasteiger partial charge on any atom is 0.303 e. The smallest absolute Gasteiger partial charge is 0.303 e. The molecule has 0 atom stereocenters. The van der Waals surface area contributed by atoms with E-state index in [1.165, 1.54) is 17.8 Å². The zero-order chi connectivity index (χ0) is 15.0. The molecular formula is C11H17N5O4. The molecule has 0 bridgehead atoms. The van der Waals surface area contributed by atoms with E-state index in [0.29, 0.717) is 18.8 Å². The van der Waals surface area contributed by atoms with Crippen molar-refractivity contribution in [3.05, 3.63) is 11.9 Å². The Balaban J connectivity index is 2.28. The summed E-state index contributed by atoms with van der Waals surface area (Å²) in [6.07, 6.45) is 1.79. The van der Waals surface area contributed by atoms with E-state index in [9.17, 15) is 14.4 Å². The summed E-state index contributed by atoms with van der Waals surface area (Å²) in [7, 11) is 0. The zero-order valence-corrected chi connectivity index (χ0v) is 11.1. The molecule has 0 spiro atoms. The third kappa shape index (κ3) is 6.47. The lowest BCUT2D eigenvalue weighted by atomic mass is 10.2. The predicted molar refractivity (Wildman–Crippen MR) is 67.7 cm³/mol. The number of aromatic nitrogens is 3. The summed E-state index contributed by atoms with van der Waals surface area (Å²) in [6, 6.07) is 0. The Morgan fingerprint density at radius 3 is 2.65 bits per heavy atom. The van der Waals surface area contributed by atoms with Gasteiger partial charge >= 0.3 is 5.97 Å². The normalized spacial score (nSPS) is 10.1. The van der Waals surface area contributed by atoms with Crippen LogP contribution in [0.5, 0.6) is 0 Å². The fraction of sp³-hybridized carbons (Fsp3) is 0.545. The first-order valence-electron chi connectivity index (χ1n) is 6.09. The summed E-state index contributed by atoms with van der Waals surface area (Å²) in [6.45, 7) is 2.09. The molecule has 3 N–H and O–H groups in total. The van der Waals surface area contributed by atoms with Gasteiger partial charge in [0.25, 0.3) is 0 Å². The van der Waals surface area contributed by atoms with Gasteiger partial charge in [-0.15, -0.1) is 5.10 Å². The minimum atomic E-state index is -0.907. The highest BCUT2D eigenvalue weighted by Crippen LogP contribution is 1.98. The topological polar surface area (TPSA) is 126 Å². The molecule has 110 valence electrons. The predicted octanol–water partition coefficient (Wildman–Crippen LogP) is -1.45. The fourth-order valence-corrected chi connectivity index (χ4v) is 1.41. The fourth-order valence-electron chi connectivity index (χ4n) is 1.41. The van der Waals surface area contributed by atoms with E-state index < -0.39 is 5.97 Å². The Hall–Kier alpha value is -2.45. The van der Waals surface area contributed by atoms with Crippen molar-refractivity contribution in [3.63, 3.8) is 0 Å². The van der Waals surface area contributed by atoms with Gasteiger partial charge in [-0.2, -0.15) is 0 Å². The van der Waals surface area contributed by atoms with Crippen LogP contribution in [-0.4, -0.2) is 51.0 Å². The second-order valence-electron chi connectivity index (χ2n) is 4.13. The van der Waals surface area contributed by atoms with E-state index in [2.05, 4.69) is 20.9 Å². The summed E-state index contributed by atoms with van der Waals surface area (Å²) in [5.41, 5.74) is 0.526. The summed E-state index contributed by atoms with van der Waals surface area (Å²) >= 11 is 0. The SMILES string of the molecule is CC(=O)NCCNC(=O)Cn1cc(CCC(=O)O)nn1. The molecule has 0 radical (unpaired) electrons. The van der Waals surface area contributed by atoms with Crippen molar-refractivity contribution in [2.24, 2.45) is 0 Å². The second-order valence-corrected chi connectivity index (χ2v) is 4.13.